The quantitative estimate of drug-likeness (QED) is 0.265. The molecule has 1 amide bonds. The van der Waals surface area contributed by atoms with Crippen LogP contribution in [-0.4, -0.2) is 56.9 Å². The molecule has 0 saturated heterocycles. The average molecular weight is 431 g/mol. The normalized spacial score (nSPS) is 12.0. The Bertz CT molecular complexity index is 979. The van der Waals surface area contributed by atoms with Crippen LogP contribution in [0.2, 0.25) is 0 Å². The maximum atomic E-state index is 12.5. The summed E-state index contributed by atoms with van der Waals surface area (Å²) in [5.41, 5.74) is 0.449. The molecule has 0 saturated carbocycles. The van der Waals surface area contributed by atoms with Crippen molar-refractivity contribution < 1.29 is 33.5 Å². The first-order valence-electron chi connectivity index (χ1n) is 9.36. The van der Waals surface area contributed by atoms with E-state index in [4.69, 9.17) is 18.9 Å². The van der Waals surface area contributed by atoms with Crippen LogP contribution >= 0.6 is 0 Å². The zero-order chi connectivity index (χ0) is 22.2. The van der Waals surface area contributed by atoms with E-state index in [0.717, 1.165) is 6.07 Å². The number of amides is 1. The van der Waals surface area contributed by atoms with E-state index >= 15 is 0 Å². The van der Waals surface area contributed by atoms with Crippen LogP contribution in [0.3, 0.4) is 0 Å². The molecule has 2 aromatic carbocycles. The van der Waals surface area contributed by atoms with Crippen molar-refractivity contribution in [1.29, 1.82) is 0 Å². The van der Waals surface area contributed by atoms with Crippen LogP contribution in [0.1, 0.15) is 10.4 Å². The predicted octanol–water partition coefficient (Wildman–Crippen LogP) is 2.22. The zero-order valence-corrected chi connectivity index (χ0v) is 16.7. The van der Waals surface area contributed by atoms with Gasteiger partial charge < -0.3 is 29.6 Å². The monoisotopic (exact) mass is 431 g/mol. The van der Waals surface area contributed by atoms with Gasteiger partial charge in [-0.05, 0) is 18.2 Å². The van der Waals surface area contributed by atoms with E-state index in [1.807, 2.05) is 0 Å². The van der Waals surface area contributed by atoms with Gasteiger partial charge in [-0.2, -0.15) is 0 Å². The smallest absolute Gasteiger partial charge is 0.341 e. The second-order valence-electron chi connectivity index (χ2n) is 6.39. The zero-order valence-electron chi connectivity index (χ0n) is 16.7. The van der Waals surface area contributed by atoms with Gasteiger partial charge in [0.1, 0.15) is 13.2 Å². The minimum atomic E-state index is -0.874. The third-order valence-corrected chi connectivity index (χ3v) is 4.22. The molecule has 1 aliphatic heterocycles. The standard InChI is InChI=1S/C20H21N3O8/c1-28-7-6-21-16-4-3-14(23(26)27)11-15(16)20(25)31-12-19(24)22-13-2-5-17-18(10-13)30-9-8-29-17/h2-5,10-11,21H,6-9,12H2,1H3,(H,22,24). The Balaban J connectivity index is 1.63. The number of benzene rings is 2. The van der Waals surface area contributed by atoms with Gasteiger partial charge in [0.25, 0.3) is 11.6 Å². The van der Waals surface area contributed by atoms with Gasteiger partial charge >= 0.3 is 5.97 Å². The maximum Gasteiger partial charge on any atom is 0.341 e. The average Bonchev–Trinajstić information content (AvgIpc) is 2.77. The fourth-order valence-electron chi connectivity index (χ4n) is 2.78. The molecule has 2 aromatic rings. The molecule has 0 aliphatic carbocycles. The molecule has 0 radical (unpaired) electrons. The van der Waals surface area contributed by atoms with E-state index < -0.39 is 23.4 Å². The Labute approximate surface area is 177 Å². The third-order valence-electron chi connectivity index (χ3n) is 4.22. The highest BCUT2D eigenvalue weighted by Crippen LogP contribution is 2.32. The summed E-state index contributed by atoms with van der Waals surface area (Å²) < 4.78 is 20.9. The van der Waals surface area contributed by atoms with E-state index in [1.54, 1.807) is 18.2 Å². The van der Waals surface area contributed by atoms with Crippen molar-refractivity contribution in [1.82, 2.24) is 0 Å². The van der Waals surface area contributed by atoms with Crippen LogP contribution < -0.4 is 20.1 Å². The van der Waals surface area contributed by atoms with Gasteiger partial charge in [0.05, 0.1) is 17.1 Å². The van der Waals surface area contributed by atoms with Crippen molar-refractivity contribution in [2.75, 3.05) is 50.7 Å². The van der Waals surface area contributed by atoms with Gasteiger partial charge in [-0.25, -0.2) is 4.79 Å². The van der Waals surface area contributed by atoms with E-state index in [0.29, 0.717) is 49.2 Å². The van der Waals surface area contributed by atoms with E-state index in [9.17, 15) is 19.7 Å². The number of nitrogens with zero attached hydrogens (tertiary/aromatic N) is 1. The van der Waals surface area contributed by atoms with Gasteiger partial charge in [0.15, 0.2) is 18.1 Å². The van der Waals surface area contributed by atoms with Gasteiger partial charge in [0.2, 0.25) is 0 Å². The van der Waals surface area contributed by atoms with Crippen molar-refractivity contribution in [2.24, 2.45) is 0 Å². The second kappa shape index (κ2) is 10.3. The van der Waals surface area contributed by atoms with E-state index in [1.165, 1.54) is 19.2 Å². The number of esters is 1. The van der Waals surface area contributed by atoms with Crippen molar-refractivity contribution in [3.05, 3.63) is 52.1 Å². The number of hydrogen-bond donors (Lipinski definition) is 2. The summed E-state index contributed by atoms with van der Waals surface area (Å²) >= 11 is 0. The fourth-order valence-corrected chi connectivity index (χ4v) is 2.78. The summed E-state index contributed by atoms with van der Waals surface area (Å²) in [6.45, 7) is 1.02. The van der Waals surface area contributed by atoms with Gasteiger partial charge in [-0.3, -0.25) is 14.9 Å². The molecule has 1 aliphatic rings. The number of nitro benzene ring substituents is 1. The predicted molar refractivity (Wildman–Crippen MR) is 110 cm³/mol. The number of methoxy groups -OCH3 is 1. The lowest BCUT2D eigenvalue weighted by molar-refractivity contribution is -0.384. The van der Waals surface area contributed by atoms with Crippen LogP contribution in [0, 0.1) is 10.1 Å². The molecule has 164 valence electrons. The number of ether oxygens (including phenoxy) is 4. The van der Waals surface area contributed by atoms with E-state index in [-0.39, 0.29) is 11.3 Å². The summed E-state index contributed by atoms with van der Waals surface area (Å²) in [6, 6.07) is 8.66. The maximum absolute atomic E-state index is 12.5. The summed E-state index contributed by atoms with van der Waals surface area (Å²) in [5, 5.41) is 16.6. The molecule has 0 fully saturated rings. The Kier molecular flexibility index (Phi) is 7.22. The lowest BCUT2D eigenvalue weighted by Crippen LogP contribution is -2.22. The fraction of sp³-hybridized carbons (Fsp3) is 0.300. The number of non-ortho nitro benzene ring substituents is 1. The Hall–Kier alpha value is -3.86. The molecule has 0 bridgehead atoms. The molecular weight excluding hydrogens is 410 g/mol. The first-order chi connectivity index (χ1) is 15.0. The van der Waals surface area contributed by atoms with Gasteiger partial charge in [-0.15, -0.1) is 0 Å². The second-order valence-corrected chi connectivity index (χ2v) is 6.39. The van der Waals surface area contributed by atoms with Gasteiger partial charge in [0, 0.05) is 43.2 Å². The summed E-state index contributed by atoms with van der Waals surface area (Å²) in [4.78, 5) is 35.1. The molecule has 0 aromatic heterocycles. The van der Waals surface area contributed by atoms with Crippen LogP contribution in [0.15, 0.2) is 36.4 Å². The minimum Gasteiger partial charge on any atom is -0.486 e. The number of fused-ring (bicyclic) bond motifs is 1. The number of nitrogens with one attached hydrogen (secondary N) is 2. The summed E-state index contributed by atoms with van der Waals surface area (Å²) in [5.74, 6) is -0.371. The van der Waals surface area contributed by atoms with Crippen molar-refractivity contribution in [3.63, 3.8) is 0 Å². The number of carbonyl (C=O) groups excluding carboxylic acids is 2. The lowest BCUT2D eigenvalue weighted by atomic mass is 10.1. The number of carbonyl (C=O) groups is 2. The summed E-state index contributed by atoms with van der Waals surface area (Å²) in [6.07, 6.45) is 0. The Morgan fingerprint density at radius 3 is 2.65 bits per heavy atom. The van der Waals surface area contributed by atoms with Crippen molar-refractivity contribution >= 4 is 28.9 Å². The highest BCUT2D eigenvalue weighted by molar-refractivity contribution is 5.99. The van der Waals surface area contributed by atoms with Crippen molar-refractivity contribution in [3.8, 4) is 11.5 Å². The summed E-state index contributed by atoms with van der Waals surface area (Å²) in [7, 11) is 1.52. The SMILES string of the molecule is COCCNc1ccc([N+](=O)[O-])cc1C(=O)OCC(=O)Nc1ccc2c(c1)OCCO2. The highest BCUT2D eigenvalue weighted by Gasteiger charge is 2.19. The first-order valence-corrected chi connectivity index (χ1v) is 9.36. The topological polar surface area (TPSA) is 138 Å². The molecule has 0 atom stereocenters. The molecule has 2 N–H and O–H groups in total. The highest BCUT2D eigenvalue weighted by atomic mass is 16.6. The molecule has 1 heterocycles. The molecule has 11 heteroatoms. The number of rotatable bonds is 9. The third kappa shape index (κ3) is 5.82. The molecule has 11 nitrogen and oxygen atoms in total. The van der Waals surface area contributed by atoms with Crippen LogP contribution in [0.4, 0.5) is 17.1 Å². The minimum absolute atomic E-state index is 0.0579. The Morgan fingerprint density at radius 2 is 1.90 bits per heavy atom. The molecule has 0 spiro atoms. The Morgan fingerprint density at radius 1 is 1.13 bits per heavy atom. The molecule has 31 heavy (non-hydrogen) atoms. The van der Waals surface area contributed by atoms with E-state index in [2.05, 4.69) is 10.6 Å². The number of hydrogen-bond acceptors (Lipinski definition) is 9. The van der Waals surface area contributed by atoms with Crippen LogP contribution in [0.25, 0.3) is 0 Å². The van der Waals surface area contributed by atoms with Crippen molar-refractivity contribution in [2.45, 2.75) is 0 Å². The molecule has 0 unspecified atom stereocenters. The van der Waals surface area contributed by atoms with Crippen LogP contribution in [0.5, 0.6) is 11.5 Å². The largest absolute Gasteiger partial charge is 0.486 e. The first kappa shape index (κ1) is 21.8. The molecule has 3 rings (SSSR count). The van der Waals surface area contributed by atoms with Crippen LogP contribution in [-0.2, 0) is 14.3 Å². The number of nitro groups is 1. The molecular formula is C20H21N3O8. The number of anilines is 2. The van der Waals surface area contributed by atoms with Gasteiger partial charge in [-0.1, -0.05) is 0 Å². The lowest BCUT2D eigenvalue weighted by Gasteiger charge is -2.19.